The van der Waals surface area contributed by atoms with Gasteiger partial charge in [-0.2, -0.15) is 0 Å². The molecule has 0 bridgehead atoms. The maximum Gasteiger partial charge on any atom is 0.320 e. The van der Waals surface area contributed by atoms with E-state index in [1.54, 1.807) is 29.0 Å². The maximum atomic E-state index is 13.0. The zero-order chi connectivity index (χ0) is 29.9. The Morgan fingerprint density at radius 2 is 1.80 bits per heavy atom. The molecule has 1 aliphatic carbocycles. The monoisotopic (exact) mass is 557 g/mol. The number of carbonyl (C=O) groups excluding carboxylic acids is 2. The summed E-state index contributed by atoms with van der Waals surface area (Å²) in [5.74, 6) is 1.20. The van der Waals surface area contributed by atoms with Crippen molar-refractivity contribution in [3.05, 3.63) is 76.8 Å². The van der Waals surface area contributed by atoms with Crippen molar-refractivity contribution in [2.24, 2.45) is 5.41 Å². The summed E-state index contributed by atoms with van der Waals surface area (Å²) in [5.41, 5.74) is 2.09. The van der Waals surface area contributed by atoms with Gasteiger partial charge in [-0.25, -0.2) is 14.8 Å². The summed E-state index contributed by atoms with van der Waals surface area (Å²) >= 11 is 0. The molecule has 4 N–H and O–H groups in total. The number of hydrogen-bond donors (Lipinski definition) is 4. The van der Waals surface area contributed by atoms with E-state index in [9.17, 15) is 9.59 Å². The molecule has 41 heavy (non-hydrogen) atoms. The van der Waals surface area contributed by atoms with E-state index in [0.717, 1.165) is 17.5 Å². The highest BCUT2D eigenvalue weighted by Gasteiger charge is 2.30. The lowest BCUT2D eigenvalue weighted by molar-refractivity contribution is 0.111. The molecule has 2 unspecified atom stereocenters. The Labute approximate surface area is 240 Å². The van der Waals surface area contributed by atoms with Crippen molar-refractivity contribution in [3.8, 4) is 5.75 Å². The molecule has 0 saturated heterocycles. The first-order valence-corrected chi connectivity index (χ1v) is 13.9. The Morgan fingerprint density at radius 1 is 1.10 bits per heavy atom. The molecule has 0 aliphatic heterocycles. The van der Waals surface area contributed by atoms with Gasteiger partial charge in [0, 0.05) is 16.9 Å². The Hall–Kier alpha value is -4.34. The summed E-state index contributed by atoms with van der Waals surface area (Å²) in [7, 11) is 0. The van der Waals surface area contributed by atoms with Gasteiger partial charge in [-0.1, -0.05) is 65.8 Å². The molecule has 0 radical (unpaired) electrons. The van der Waals surface area contributed by atoms with Gasteiger partial charge in [0.1, 0.15) is 29.0 Å². The molecule has 2 atom stereocenters. The number of hydrogen-bond acceptors (Lipinski definition) is 7. The lowest BCUT2D eigenvalue weighted by atomic mass is 9.85. The van der Waals surface area contributed by atoms with Gasteiger partial charge in [0.15, 0.2) is 12.1 Å². The minimum atomic E-state index is -0.427. The first-order valence-electron chi connectivity index (χ1n) is 13.9. The molecule has 1 aliphatic rings. The van der Waals surface area contributed by atoms with Crippen molar-refractivity contribution in [2.75, 3.05) is 5.32 Å². The third-order valence-corrected chi connectivity index (χ3v) is 7.57. The number of nitrogens with one attached hydrogen (secondary N) is 4. The normalized spacial score (nSPS) is 16.8. The molecule has 10 heteroatoms. The molecule has 0 spiro atoms. The van der Waals surface area contributed by atoms with Crippen LogP contribution in [0.1, 0.15) is 100 Å². The van der Waals surface area contributed by atoms with Gasteiger partial charge in [0.2, 0.25) is 0 Å². The van der Waals surface area contributed by atoms with E-state index < -0.39 is 6.03 Å². The summed E-state index contributed by atoms with van der Waals surface area (Å²) in [6.45, 7) is 11.9. The smallest absolute Gasteiger partial charge is 0.320 e. The highest BCUT2D eigenvalue weighted by Crippen LogP contribution is 2.38. The van der Waals surface area contributed by atoms with Gasteiger partial charge in [0.25, 0.3) is 0 Å². The molecular weight excluding hydrogens is 518 g/mol. The molecule has 0 saturated carbocycles. The predicted molar refractivity (Wildman–Crippen MR) is 158 cm³/mol. The lowest BCUT2D eigenvalue weighted by Gasteiger charge is -2.32. The van der Waals surface area contributed by atoms with Gasteiger partial charge in [-0.05, 0) is 42.5 Å². The van der Waals surface area contributed by atoms with Crippen LogP contribution in [-0.4, -0.2) is 32.7 Å². The SMILES string of the molecule is CCC(C)(C)C(=N)n1cc(OC2CCC(NC(=O)Nc3cc(C(C)(C)C)nc(C=O)n3)c3ccccc32)ccc1=N. The molecule has 2 amide bonds. The van der Waals surface area contributed by atoms with Crippen molar-refractivity contribution in [2.45, 2.75) is 78.4 Å². The van der Waals surface area contributed by atoms with E-state index in [1.807, 2.05) is 65.8 Å². The van der Waals surface area contributed by atoms with E-state index >= 15 is 0 Å². The minimum Gasteiger partial charge on any atom is -0.484 e. The number of anilines is 1. The second-order valence-corrected chi connectivity index (χ2v) is 12.0. The Morgan fingerprint density at radius 3 is 2.46 bits per heavy atom. The van der Waals surface area contributed by atoms with E-state index in [1.165, 1.54) is 0 Å². The van der Waals surface area contributed by atoms with Crippen molar-refractivity contribution in [3.63, 3.8) is 0 Å². The number of aromatic nitrogens is 3. The van der Waals surface area contributed by atoms with Crippen LogP contribution in [0.4, 0.5) is 10.6 Å². The topological polar surface area (TPSA) is 146 Å². The number of fused-ring (bicyclic) bond motifs is 1. The number of carbonyl (C=O) groups is 2. The molecule has 2 heterocycles. The van der Waals surface area contributed by atoms with Crippen LogP contribution in [0.15, 0.2) is 48.7 Å². The van der Waals surface area contributed by atoms with Crippen LogP contribution in [0.2, 0.25) is 0 Å². The summed E-state index contributed by atoms with van der Waals surface area (Å²) in [4.78, 5) is 32.8. The van der Waals surface area contributed by atoms with Crippen LogP contribution >= 0.6 is 0 Å². The van der Waals surface area contributed by atoms with Crippen molar-refractivity contribution in [1.82, 2.24) is 19.9 Å². The molecule has 3 aromatic rings. The standard InChI is InChI=1S/C31H39N7O3/c1-7-31(5,6)28(33)38-17-19(12-15-25(38)32)41-23-14-13-22(20-10-8-9-11-21(20)23)34-29(40)37-26-16-24(30(2,3)4)35-27(18-39)36-26/h8-12,15-18,22-23,32-33H,7,13-14H2,1-6H3,(H2,34,35,36,37,40). The lowest BCUT2D eigenvalue weighted by Crippen LogP contribution is -2.36. The number of pyridine rings is 1. The molecule has 216 valence electrons. The molecule has 10 nitrogen and oxygen atoms in total. The van der Waals surface area contributed by atoms with Crippen LogP contribution in [0.3, 0.4) is 0 Å². The number of aldehydes is 1. The van der Waals surface area contributed by atoms with E-state index in [2.05, 4.69) is 20.6 Å². The van der Waals surface area contributed by atoms with Crippen molar-refractivity contribution in [1.29, 1.82) is 10.8 Å². The number of urea groups is 1. The van der Waals surface area contributed by atoms with Crippen LogP contribution < -0.4 is 20.9 Å². The number of rotatable bonds is 7. The maximum absolute atomic E-state index is 13.0. The van der Waals surface area contributed by atoms with Crippen LogP contribution in [-0.2, 0) is 5.41 Å². The number of nitrogens with zero attached hydrogens (tertiary/aromatic N) is 3. The largest absolute Gasteiger partial charge is 0.484 e. The first-order chi connectivity index (χ1) is 19.3. The second kappa shape index (κ2) is 11.6. The average Bonchev–Trinajstić information content (AvgIpc) is 2.94. The number of ether oxygens (including phenoxy) is 1. The molecule has 1 aromatic carbocycles. The van der Waals surface area contributed by atoms with Crippen molar-refractivity contribution < 1.29 is 14.3 Å². The third-order valence-electron chi connectivity index (χ3n) is 7.57. The quantitative estimate of drug-likeness (QED) is 0.162. The minimum absolute atomic E-state index is 0.0175. The second-order valence-electron chi connectivity index (χ2n) is 12.0. The fourth-order valence-corrected chi connectivity index (χ4v) is 4.69. The Balaban J connectivity index is 1.52. The van der Waals surface area contributed by atoms with Crippen LogP contribution in [0, 0.1) is 16.2 Å². The number of amides is 2. The molecule has 4 rings (SSSR count). The van der Waals surface area contributed by atoms with Gasteiger partial charge in [0.05, 0.1) is 17.9 Å². The van der Waals surface area contributed by atoms with Crippen LogP contribution in [0.25, 0.3) is 0 Å². The summed E-state index contributed by atoms with van der Waals surface area (Å²) in [5, 5.41) is 22.8. The zero-order valence-corrected chi connectivity index (χ0v) is 24.5. The van der Waals surface area contributed by atoms with Crippen LogP contribution in [0.5, 0.6) is 5.75 Å². The summed E-state index contributed by atoms with van der Waals surface area (Å²) in [6.07, 6.45) is 4.10. The average molecular weight is 558 g/mol. The van der Waals surface area contributed by atoms with E-state index in [0.29, 0.717) is 36.4 Å². The van der Waals surface area contributed by atoms with E-state index in [4.69, 9.17) is 15.6 Å². The van der Waals surface area contributed by atoms with Gasteiger partial charge < -0.3 is 10.1 Å². The summed E-state index contributed by atoms with van der Waals surface area (Å²) < 4.78 is 7.98. The first kappa shape index (κ1) is 29.6. The Kier molecular flexibility index (Phi) is 8.42. The number of benzene rings is 1. The fraction of sp³-hybridized carbons (Fsp3) is 0.419. The Bertz CT molecular complexity index is 1520. The highest BCUT2D eigenvalue weighted by atomic mass is 16.5. The zero-order valence-electron chi connectivity index (χ0n) is 24.5. The van der Waals surface area contributed by atoms with Gasteiger partial charge in [-0.15, -0.1) is 0 Å². The van der Waals surface area contributed by atoms with Gasteiger partial charge >= 0.3 is 6.03 Å². The van der Waals surface area contributed by atoms with Gasteiger partial charge in [-0.3, -0.25) is 25.5 Å². The molecular formula is C31H39N7O3. The fourth-order valence-electron chi connectivity index (χ4n) is 4.69. The summed E-state index contributed by atoms with van der Waals surface area (Å²) in [6, 6.07) is 12.3. The third kappa shape index (κ3) is 6.70. The van der Waals surface area contributed by atoms with E-state index in [-0.39, 0.29) is 40.1 Å². The molecule has 0 fully saturated rings. The molecule has 2 aromatic heterocycles. The van der Waals surface area contributed by atoms with Crippen molar-refractivity contribution >= 4 is 24.0 Å². The highest BCUT2D eigenvalue weighted by molar-refractivity contribution is 5.89. The predicted octanol–water partition coefficient (Wildman–Crippen LogP) is 5.91.